The molecule has 0 radical (unpaired) electrons. The topological polar surface area (TPSA) is 92.0 Å². The Hall–Kier alpha value is -2.82. The third-order valence-corrected chi connectivity index (χ3v) is 4.76. The second-order valence-electron chi connectivity index (χ2n) is 6.44. The minimum atomic E-state index is -2.95. The lowest BCUT2D eigenvalue weighted by Crippen LogP contribution is -2.45. The van der Waals surface area contributed by atoms with Gasteiger partial charge < -0.3 is 14.2 Å². The van der Waals surface area contributed by atoms with Crippen LogP contribution in [0, 0.1) is 0 Å². The highest BCUT2D eigenvalue weighted by atomic mass is 79.9. The summed E-state index contributed by atoms with van der Waals surface area (Å²) in [7, 11) is 1.41. The van der Waals surface area contributed by atoms with Crippen molar-refractivity contribution in [1.82, 2.24) is 9.78 Å². The lowest BCUT2D eigenvalue weighted by Gasteiger charge is -2.21. The van der Waals surface area contributed by atoms with Gasteiger partial charge in [0, 0.05) is 23.3 Å². The maximum absolute atomic E-state index is 13.1. The fraction of sp³-hybridized carbons (Fsp3) is 0.368. The number of rotatable bonds is 7. The molecule has 0 saturated heterocycles. The van der Waals surface area contributed by atoms with Crippen molar-refractivity contribution in [1.29, 1.82) is 0 Å². The van der Waals surface area contributed by atoms with E-state index < -0.39 is 36.2 Å². The quantitative estimate of drug-likeness (QED) is 0.559. The Labute approximate surface area is 178 Å². The average Bonchev–Trinajstić information content (AvgIpc) is 3.32. The number of carbonyl (C=O) groups is 2. The maximum atomic E-state index is 13.1. The van der Waals surface area contributed by atoms with E-state index in [4.69, 9.17) is 14.2 Å². The summed E-state index contributed by atoms with van der Waals surface area (Å²) in [5, 5.41) is 3.57. The number of benzene rings is 1. The Morgan fingerprint density at radius 1 is 1.30 bits per heavy atom. The monoisotopic (exact) mass is 485 g/mol. The Morgan fingerprint density at radius 2 is 2.00 bits per heavy atom. The van der Waals surface area contributed by atoms with Crippen LogP contribution < -0.4 is 0 Å². The molecule has 160 valence electrons. The highest BCUT2D eigenvalue weighted by molar-refractivity contribution is 9.10. The van der Waals surface area contributed by atoms with Crippen LogP contribution in [-0.2, 0) is 26.1 Å². The molecule has 0 aliphatic carbocycles. The number of hydrogen-bond donors (Lipinski definition) is 0. The van der Waals surface area contributed by atoms with Crippen molar-refractivity contribution < 1.29 is 32.6 Å². The van der Waals surface area contributed by atoms with Crippen molar-refractivity contribution in [2.75, 3.05) is 19.8 Å². The largest absolute Gasteiger partial charge is 0.474 e. The summed E-state index contributed by atoms with van der Waals surface area (Å²) in [4.78, 5) is 29.3. The first-order valence-corrected chi connectivity index (χ1v) is 9.69. The Bertz CT molecular complexity index is 977. The number of ether oxygens (including phenoxy) is 3. The van der Waals surface area contributed by atoms with E-state index in [1.54, 1.807) is 31.2 Å². The molecule has 0 fully saturated rings. The molecular formula is C19H18BrF2N3O5. The fourth-order valence-corrected chi connectivity index (χ4v) is 3.04. The van der Waals surface area contributed by atoms with Crippen LogP contribution in [0.3, 0.4) is 0 Å². The summed E-state index contributed by atoms with van der Waals surface area (Å²) >= 11 is 3.33. The summed E-state index contributed by atoms with van der Waals surface area (Å²) in [6, 6.07) is 7.03. The standard InChI is InChI=1S/C19H18BrF2N3O5/c1-3-28-18(27)19(9-29-16(23-19)11-4-6-12(20)7-5-11)10-30-17(26)13-8-25(2)24-14(13)15(21)22/h4-8,15H,3,9-10H2,1-2H3/t19-/m1/s1. The first-order chi connectivity index (χ1) is 14.3. The molecule has 2 heterocycles. The van der Waals surface area contributed by atoms with E-state index in [0.717, 1.165) is 15.4 Å². The highest BCUT2D eigenvalue weighted by Crippen LogP contribution is 2.27. The molecule has 1 aromatic carbocycles. The van der Waals surface area contributed by atoms with E-state index in [9.17, 15) is 18.4 Å². The predicted octanol–water partition coefficient (Wildman–Crippen LogP) is 3.06. The summed E-state index contributed by atoms with van der Waals surface area (Å²) < 4.78 is 44.0. The van der Waals surface area contributed by atoms with E-state index >= 15 is 0 Å². The molecule has 0 bridgehead atoms. The van der Waals surface area contributed by atoms with Crippen molar-refractivity contribution in [2.24, 2.45) is 12.0 Å². The lowest BCUT2D eigenvalue weighted by atomic mass is 10.0. The first-order valence-electron chi connectivity index (χ1n) is 8.90. The summed E-state index contributed by atoms with van der Waals surface area (Å²) in [6.07, 6.45) is -1.83. The van der Waals surface area contributed by atoms with Crippen molar-refractivity contribution in [2.45, 2.75) is 18.9 Å². The Kier molecular flexibility index (Phi) is 6.49. The van der Waals surface area contributed by atoms with Crippen molar-refractivity contribution in [3.8, 4) is 0 Å². The zero-order chi connectivity index (χ0) is 21.9. The number of aryl methyl sites for hydroxylation is 1. The average molecular weight is 486 g/mol. The van der Waals surface area contributed by atoms with Gasteiger partial charge in [-0.25, -0.2) is 23.4 Å². The highest BCUT2D eigenvalue weighted by Gasteiger charge is 2.47. The number of nitrogens with zero attached hydrogens (tertiary/aromatic N) is 3. The molecule has 8 nitrogen and oxygen atoms in total. The predicted molar refractivity (Wildman–Crippen MR) is 104 cm³/mol. The molecule has 1 atom stereocenters. The van der Waals surface area contributed by atoms with Crippen molar-refractivity contribution in [3.05, 3.63) is 51.8 Å². The van der Waals surface area contributed by atoms with Gasteiger partial charge in [0.05, 0.1) is 6.61 Å². The second-order valence-corrected chi connectivity index (χ2v) is 7.36. The molecule has 0 N–H and O–H groups in total. The minimum Gasteiger partial charge on any atom is -0.474 e. The number of aliphatic imine (C=N–C) groups is 1. The van der Waals surface area contributed by atoms with Gasteiger partial charge in [-0.15, -0.1) is 0 Å². The minimum absolute atomic E-state index is 0.0792. The van der Waals surface area contributed by atoms with Crippen LogP contribution in [0.2, 0.25) is 0 Å². The van der Waals surface area contributed by atoms with Gasteiger partial charge in [0.1, 0.15) is 24.5 Å². The van der Waals surface area contributed by atoms with Crippen LogP contribution in [0.4, 0.5) is 8.78 Å². The van der Waals surface area contributed by atoms with E-state index in [2.05, 4.69) is 26.0 Å². The number of halogens is 3. The van der Waals surface area contributed by atoms with E-state index in [1.807, 2.05) is 0 Å². The SMILES string of the molecule is CCOC(=O)[C@]1(COC(=O)c2cn(C)nc2C(F)F)COC(c2ccc(Br)cc2)=N1. The van der Waals surface area contributed by atoms with Gasteiger partial charge in [-0.1, -0.05) is 15.9 Å². The third kappa shape index (κ3) is 4.50. The van der Waals surface area contributed by atoms with Gasteiger partial charge in [0.25, 0.3) is 6.43 Å². The molecule has 1 aliphatic rings. The molecular weight excluding hydrogens is 468 g/mol. The van der Waals surface area contributed by atoms with Crippen LogP contribution in [0.25, 0.3) is 0 Å². The number of carbonyl (C=O) groups excluding carboxylic acids is 2. The summed E-state index contributed by atoms with van der Waals surface area (Å²) in [6.45, 7) is 0.939. The van der Waals surface area contributed by atoms with Crippen LogP contribution in [-0.4, -0.2) is 53.0 Å². The van der Waals surface area contributed by atoms with Gasteiger partial charge in [-0.3, -0.25) is 4.68 Å². The van der Waals surface area contributed by atoms with Crippen molar-refractivity contribution >= 4 is 33.8 Å². The molecule has 1 aromatic heterocycles. The number of esters is 2. The van der Waals surface area contributed by atoms with E-state index in [-0.39, 0.29) is 24.7 Å². The Morgan fingerprint density at radius 3 is 2.63 bits per heavy atom. The van der Waals surface area contributed by atoms with Gasteiger partial charge >= 0.3 is 11.9 Å². The zero-order valence-electron chi connectivity index (χ0n) is 16.1. The van der Waals surface area contributed by atoms with E-state index in [1.165, 1.54) is 7.05 Å². The van der Waals surface area contributed by atoms with Gasteiger partial charge in [-0.05, 0) is 31.2 Å². The number of alkyl halides is 2. The number of aromatic nitrogens is 2. The molecule has 0 amide bonds. The zero-order valence-corrected chi connectivity index (χ0v) is 17.7. The fourth-order valence-electron chi connectivity index (χ4n) is 2.78. The molecule has 2 aromatic rings. The van der Waals surface area contributed by atoms with Crippen LogP contribution >= 0.6 is 15.9 Å². The molecule has 1 aliphatic heterocycles. The molecule has 30 heavy (non-hydrogen) atoms. The molecule has 0 spiro atoms. The lowest BCUT2D eigenvalue weighted by molar-refractivity contribution is -0.151. The van der Waals surface area contributed by atoms with Gasteiger partial charge in [0.2, 0.25) is 11.4 Å². The van der Waals surface area contributed by atoms with Crippen LogP contribution in [0.5, 0.6) is 0 Å². The van der Waals surface area contributed by atoms with E-state index in [0.29, 0.717) is 5.56 Å². The van der Waals surface area contributed by atoms with Crippen LogP contribution in [0.15, 0.2) is 39.9 Å². The first kappa shape index (κ1) is 21.9. The number of hydrogen-bond acceptors (Lipinski definition) is 7. The normalized spacial score (nSPS) is 18.1. The second kappa shape index (κ2) is 8.90. The Balaban J connectivity index is 1.84. The molecule has 3 rings (SSSR count). The third-order valence-electron chi connectivity index (χ3n) is 4.24. The molecule has 0 saturated carbocycles. The van der Waals surface area contributed by atoms with Crippen LogP contribution in [0.1, 0.15) is 35.0 Å². The summed E-state index contributed by atoms with van der Waals surface area (Å²) in [5.41, 5.74) is -2.11. The van der Waals surface area contributed by atoms with Crippen molar-refractivity contribution in [3.63, 3.8) is 0 Å². The molecule has 11 heteroatoms. The molecule has 0 unspecified atom stereocenters. The van der Waals surface area contributed by atoms with Gasteiger partial charge in [0.15, 0.2) is 0 Å². The summed E-state index contributed by atoms with van der Waals surface area (Å²) in [5.74, 6) is -1.61. The maximum Gasteiger partial charge on any atom is 0.341 e. The smallest absolute Gasteiger partial charge is 0.341 e. The van der Waals surface area contributed by atoms with Gasteiger partial charge in [-0.2, -0.15) is 5.10 Å².